The first-order chi connectivity index (χ1) is 9.04. The van der Waals surface area contributed by atoms with Gasteiger partial charge in [-0.15, -0.1) is 0 Å². The number of carbonyl (C=O) groups excluding carboxylic acids is 1. The summed E-state index contributed by atoms with van der Waals surface area (Å²) in [4.78, 5) is 24.7. The lowest BCUT2D eigenvalue weighted by atomic mass is 10.1. The van der Waals surface area contributed by atoms with Gasteiger partial charge in [0.15, 0.2) is 6.04 Å². The topological polar surface area (TPSA) is 77.8 Å². The second-order valence-corrected chi connectivity index (χ2v) is 5.42. The van der Waals surface area contributed by atoms with Crippen LogP contribution in [0.2, 0.25) is 0 Å². The number of benzene rings is 1. The number of halogens is 1. The van der Waals surface area contributed by atoms with Gasteiger partial charge in [0.2, 0.25) is 5.91 Å². The van der Waals surface area contributed by atoms with Crippen molar-refractivity contribution in [3.63, 3.8) is 0 Å². The molecule has 0 aliphatic carbocycles. The van der Waals surface area contributed by atoms with E-state index in [1.807, 2.05) is 0 Å². The van der Waals surface area contributed by atoms with Crippen LogP contribution in [-0.2, 0) is 9.59 Å². The number of hydrogen-bond acceptors (Lipinski definition) is 3. The predicted molar refractivity (Wildman–Crippen MR) is 71.4 cm³/mol. The fourth-order valence-electron chi connectivity index (χ4n) is 2.31. The number of carboxylic acids is 1. The van der Waals surface area contributed by atoms with Crippen molar-refractivity contribution < 1.29 is 19.8 Å². The van der Waals surface area contributed by atoms with Gasteiger partial charge in [-0.05, 0) is 6.07 Å². The first-order valence-corrected chi connectivity index (χ1v) is 6.71. The van der Waals surface area contributed by atoms with Crippen LogP contribution in [0.4, 0.5) is 0 Å². The van der Waals surface area contributed by atoms with Gasteiger partial charge in [0.25, 0.3) is 0 Å². The normalized spacial score (nSPS) is 20.6. The maximum Gasteiger partial charge on any atom is 0.331 e. The summed E-state index contributed by atoms with van der Waals surface area (Å²) in [6.07, 6.45) is 0.199. The van der Waals surface area contributed by atoms with Crippen molar-refractivity contribution in [1.29, 1.82) is 0 Å². The number of aliphatic hydroxyl groups excluding tert-OH is 1. The lowest BCUT2D eigenvalue weighted by Crippen LogP contribution is -2.35. The standard InChI is InChI=1S/C13H14BrNO4/c14-10-4-2-1-3-9(10)12(13(18)19)15-6-8(7-16)5-11(15)17/h1-4,8,12,16H,5-7H2,(H,18,19). The fourth-order valence-corrected chi connectivity index (χ4v) is 2.81. The lowest BCUT2D eigenvalue weighted by molar-refractivity contribution is -0.148. The summed E-state index contributed by atoms with van der Waals surface area (Å²) in [5, 5.41) is 18.5. The number of carboxylic acid groups (broad SMARTS) is 1. The SMILES string of the molecule is O=C(O)C(c1ccccc1Br)N1CC(CO)CC1=O. The van der Waals surface area contributed by atoms with Crippen molar-refractivity contribution in [3.05, 3.63) is 34.3 Å². The average Bonchev–Trinajstić information content (AvgIpc) is 2.73. The molecule has 0 spiro atoms. The van der Waals surface area contributed by atoms with Crippen molar-refractivity contribution >= 4 is 27.8 Å². The van der Waals surface area contributed by atoms with Crippen LogP contribution in [0, 0.1) is 5.92 Å². The van der Waals surface area contributed by atoms with E-state index in [2.05, 4.69) is 15.9 Å². The van der Waals surface area contributed by atoms with Crippen LogP contribution < -0.4 is 0 Å². The highest BCUT2D eigenvalue weighted by atomic mass is 79.9. The van der Waals surface area contributed by atoms with Gasteiger partial charge >= 0.3 is 5.97 Å². The minimum Gasteiger partial charge on any atom is -0.479 e. The zero-order chi connectivity index (χ0) is 14.0. The predicted octanol–water partition coefficient (Wildman–Crippen LogP) is 1.42. The third-order valence-corrected chi connectivity index (χ3v) is 3.96. The van der Waals surface area contributed by atoms with Crippen LogP contribution in [0.3, 0.4) is 0 Å². The van der Waals surface area contributed by atoms with Crippen molar-refractivity contribution in [1.82, 2.24) is 4.90 Å². The summed E-state index contributed by atoms with van der Waals surface area (Å²) in [6, 6.07) is 5.94. The summed E-state index contributed by atoms with van der Waals surface area (Å²) in [5.74, 6) is -1.49. The van der Waals surface area contributed by atoms with Crippen molar-refractivity contribution in [2.24, 2.45) is 5.92 Å². The van der Waals surface area contributed by atoms with Crippen molar-refractivity contribution in [2.75, 3.05) is 13.2 Å². The highest BCUT2D eigenvalue weighted by Crippen LogP contribution is 2.32. The lowest BCUT2D eigenvalue weighted by Gasteiger charge is -2.25. The fraction of sp³-hybridized carbons (Fsp3) is 0.385. The maximum atomic E-state index is 11.9. The van der Waals surface area contributed by atoms with Crippen LogP contribution in [-0.4, -0.2) is 40.1 Å². The molecule has 5 nitrogen and oxygen atoms in total. The Kier molecular flexibility index (Phi) is 4.21. The molecule has 2 rings (SSSR count). The Morgan fingerprint density at radius 1 is 1.47 bits per heavy atom. The molecular weight excluding hydrogens is 314 g/mol. The van der Waals surface area contributed by atoms with Crippen LogP contribution in [0.1, 0.15) is 18.0 Å². The van der Waals surface area contributed by atoms with Crippen LogP contribution in [0.15, 0.2) is 28.7 Å². The molecule has 1 aromatic carbocycles. The van der Waals surface area contributed by atoms with E-state index in [-0.39, 0.29) is 31.4 Å². The van der Waals surface area contributed by atoms with Gasteiger partial charge in [-0.25, -0.2) is 4.79 Å². The summed E-state index contributed by atoms with van der Waals surface area (Å²) >= 11 is 3.31. The van der Waals surface area contributed by atoms with Gasteiger partial charge in [-0.1, -0.05) is 34.1 Å². The summed E-state index contributed by atoms with van der Waals surface area (Å²) in [6.45, 7) is 0.165. The zero-order valence-electron chi connectivity index (χ0n) is 10.1. The first kappa shape index (κ1) is 14.0. The highest BCUT2D eigenvalue weighted by molar-refractivity contribution is 9.10. The molecule has 19 heavy (non-hydrogen) atoms. The Morgan fingerprint density at radius 2 is 2.16 bits per heavy atom. The van der Waals surface area contributed by atoms with E-state index >= 15 is 0 Å². The van der Waals surface area contributed by atoms with Gasteiger partial charge in [0, 0.05) is 35.5 Å². The molecule has 2 N–H and O–H groups in total. The Hall–Kier alpha value is -1.40. The van der Waals surface area contributed by atoms with Crippen molar-refractivity contribution in [3.8, 4) is 0 Å². The maximum absolute atomic E-state index is 11.9. The van der Waals surface area contributed by atoms with Crippen molar-refractivity contribution in [2.45, 2.75) is 12.5 Å². The Balaban J connectivity index is 2.35. The molecule has 1 saturated heterocycles. The third kappa shape index (κ3) is 2.79. The molecule has 6 heteroatoms. The number of aliphatic carboxylic acids is 1. The third-order valence-electron chi connectivity index (χ3n) is 3.24. The van der Waals surface area contributed by atoms with Crippen LogP contribution >= 0.6 is 15.9 Å². The van der Waals surface area contributed by atoms with Gasteiger partial charge in [-0.3, -0.25) is 4.79 Å². The van der Waals surface area contributed by atoms with E-state index in [1.165, 1.54) is 4.90 Å². The monoisotopic (exact) mass is 327 g/mol. The van der Waals surface area contributed by atoms with E-state index in [9.17, 15) is 14.7 Å². The quantitative estimate of drug-likeness (QED) is 0.876. The Bertz CT molecular complexity index is 505. The molecule has 102 valence electrons. The van der Waals surface area contributed by atoms with E-state index in [0.29, 0.717) is 10.0 Å². The summed E-state index contributed by atoms with van der Waals surface area (Å²) in [7, 11) is 0. The summed E-state index contributed by atoms with van der Waals surface area (Å²) < 4.78 is 0.655. The smallest absolute Gasteiger partial charge is 0.331 e. The molecule has 1 aromatic rings. The number of nitrogens with zero attached hydrogens (tertiary/aromatic N) is 1. The molecule has 2 atom stereocenters. The molecule has 1 fully saturated rings. The van der Waals surface area contributed by atoms with E-state index in [0.717, 1.165) is 0 Å². The second-order valence-electron chi connectivity index (χ2n) is 4.56. The summed E-state index contributed by atoms with van der Waals surface area (Å²) in [5.41, 5.74) is 0.543. The number of amides is 1. The second kappa shape index (κ2) is 5.71. The highest BCUT2D eigenvalue weighted by Gasteiger charge is 2.38. The Morgan fingerprint density at radius 3 is 2.68 bits per heavy atom. The molecule has 0 radical (unpaired) electrons. The Labute approximate surface area is 119 Å². The minimum atomic E-state index is -1.07. The molecule has 1 amide bonds. The molecule has 1 aliphatic rings. The first-order valence-electron chi connectivity index (χ1n) is 5.92. The largest absolute Gasteiger partial charge is 0.479 e. The average molecular weight is 328 g/mol. The zero-order valence-corrected chi connectivity index (χ0v) is 11.7. The minimum absolute atomic E-state index is 0.107. The molecule has 0 bridgehead atoms. The molecule has 2 unspecified atom stereocenters. The van der Waals surface area contributed by atoms with Crippen LogP contribution in [0.5, 0.6) is 0 Å². The number of aliphatic hydroxyl groups is 1. The van der Waals surface area contributed by atoms with E-state index in [4.69, 9.17) is 5.11 Å². The number of likely N-dealkylation sites (tertiary alicyclic amines) is 1. The van der Waals surface area contributed by atoms with Gasteiger partial charge in [0.05, 0.1) is 0 Å². The molecule has 0 aromatic heterocycles. The van der Waals surface area contributed by atoms with Gasteiger partial charge in [0.1, 0.15) is 0 Å². The van der Waals surface area contributed by atoms with E-state index in [1.54, 1.807) is 24.3 Å². The number of hydrogen-bond donors (Lipinski definition) is 2. The molecule has 0 saturated carbocycles. The molecule has 1 aliphatic heterocycles. The molecular formula is C13H14BrNO4. The van der Waals surface area contributed by atoms with Gasteiger partial charge < -0.3 is 15.1 Å². The van der Waals surface area contributed by atoms with Crippen LogP contribution in [0.25, 0.3) is 0 Å². The molecule has 1 heterocycles. The number of rotatable bonds is 4. The van der Waals surface area contributed by atoms with E-state index < -0.39 is 12.0 Å². The number of carbonyl (C=O) groups is 2. The van der Waals surface area contributed by atoms with Gasteiger partial charge in [-0.2, -0.15) is 0 Å².